The third kappa shape index (κ3) is 1.57. The Balaban J connectivity index is 2.24. The highest BCUT2D eigenvalue weighted by atomic mass is 16.5. The number of carbonyl (C=O) groups excluding carboxylic acids is 1. The first-order chi connectivity index (χ1) is 8.27. The fourth-order valence-corrected chi connectivity index (χ4v) is 2.22. The van der Waals surface area contributed by atoms with Crippen molar-refractivity contribution in [2.24, 2.45) is 5.73 Å². The molecule has 17 heavy (non-hydrogen) atoms. The van der Waals surface area contributed by atoms with Crippen LogP contribution in [-0.4, -0.2) is 33.7 Å². The van der Waals surface area contributed by atoms with Crippen LogP contribution in [0.4, 0.5) is 0 Å². The molecule has 3 rings (SSSR count). The summed E-state index contributed by atoms with van der Waals surface area (Å²) in [6.45, 7) is 1.30. The molecule has 88 valence electrons. The number of hydrogen-bond acceptors (Lipinski definition) is 4. The van der Waals surface area contributed by atoms with E-state index in [1.165, 1.54) is 0 Å². The number of amides is 1. The van der Waals surface area contributed by atoms with Gasteiger partial charge in [-0.25, -0.2) is 9.50 Å². The molecule has 0 saturated carbocycles. The largest absolute Gasteiger partial charge is 0.381 e. The molecule has 0 bridgehead atoms. The van der Waals surface area contributed by atoms with Crippen LogP contribution in [0.2, 0.25) is 0 Å². The molecule has 0 aliphatic carbocycles. The van der Waals surface area contributed by atoms with Gasteiger partial charge in [0.1, 0.15) is 0 Å². The summed E-state index contributed by atoms with van der Waals surface area (Å²) in [6.07, 6.45) is 4.31. The van der Waals surface area contributed by atoms with Gasteiger partial charge in [0.25, 0.3) is 5.91 Å². The van der Waals surface area contributed by atoms with Gasteiger partial charge in [0.2, 0.25) is 0 Å². The summed E-state index contributed by atoms with van der Waals surface area (Å²) < 4.78 is 6.94. The van der Waals surface area contributed by atoms with Crippen LogP contribution in [-0.2, 0) is 4.74 Å². The van der Waals surface area contributed by atoms with E-state index in [0.29, 0.717) is 24.6 Å². The number of fused-ring (bicyclic) bond motifs is 1. The van der Waals surface area contributed by atoms with Crippen molar-refractivity contribution in [1.82, 2.24) is 14.6 Å². The van der Waals surface area contributed by atoms with Gasteiger partial charge >= 0.3 is 0 Å². The van der Waals surface area contributed by atoms with Gasteiger partial charge < -0.3 is 10.5 Å². The molecule has 2 N–H and O–H groups in total. The summed E-state index contributed by atoms with van der Waals surface area (Å²) in [6, 6.07) is 1.76. The van der Waals surface area contributed by atoms with E-state index >= 15 is 0 Å². The number of nitrogens with two attached hydrogens (primary N) is 1. The van der Waals surface area contributed by atoms with Crippen molar-refractivity contribution < 1.29 is 9.53 Å². The zero-order valence-electron chi connectivity index (χ0n) is 9.17. The topological polar surface area (TPSA) is 82.5 Å². The van der Waals surface area contributed by atoms with E-state index in [1.54, 1.807) is 23.0 Å². The van der Waals surface area contributed by atoms with Crippen LogP contribution < -0.4 is 5.73 Å². The Morgan fingerprint density at radius 2 is 2.47 bits per heavy atom. The van der Waals surface area contributed by atoms with E-state index < -0.39 is 5.91 Å². The van der Waals surface area contributed by atoms with Crippen molar-refractivity contribution >= 4 is 11.6 Å². The standard InChI is InChI=1S/C11H12N4O2/c12-10(16)9-8(7-2-5-17-6-7)11-13-3-1-4-15(11)14-9/h1,3-4,7H,2,5-6H2,(H2,12,16)/t7-/m0/s1. The number of rotatable bonds is 2. The fraction of sp³-hybridized carbons (Fsp3) is 0.364. The Bertz CT molecular complexity index is 572. The lowest BCUT2D eigenvalue weighted by molar-refractivity contribution is 0.0994. The molecule has 1 fully saturated rings. The number of ether oxygens (including phenoxy) is 1. The lowest BCUT2D eigenvalue weighted by Crippen LogP contribution is -2.15. The first-order valence-corrected chi connectivity index (χ1v) is 5.48. The highest BCUT2D eigenvalue weighted by molar-refractivity contribution is 5.94. The van der Waals surface area contributed by atoms with E-state index in [0.717, 1.165) is 12.0 Å². The fourth-order valence-electron chi connectivity index (χ4n) is 2.22. The summed E-state index contributed by atoms with van der Waals surface area (Å²) in [7, 11) is 0. The summed E-state index contributed by atoms with van der Waals surface area (Å²) in [5, 5.41) is 4.18. The number of primary amides is 1. The third-order valence-corrected chi connectivity index (χ3v) is 3.00. The van der Waals surface area contributed by atoms with Crippen LogP contribution in [0.5, 0.6) is 0 Å². The minimum atomic E-state index is -0.516. The average molecular weight is 232 g/mol. The van der Waals surface area contributed by atoms with Crippen molar-refractivity contribution in [2.45, 2.75) is 12.3 Å². The summed E-state index contributed by atoms with van der Waals surface area (Å²) in [5.41, 5.74) is 7.17. The van der Waals surface area contributed by atoms with Crippen molar-refractivity contribution in [3.8, 4) is 0 Å². The Hall–Kier alpha value is -1.95. The molecular weight excluding hydrogens is 220 g/mol. The predicted molar refractivity (Wildman–Crippen MR) is 59.7 cm³/mol. The van der Waals surface area contributed by atoms with Crippen LogP contribution in [0.1, 0.15) is 28.4 Å². The van der Waals surface area contributed by atoms with Crippen LogP contribution in [0, 0.1) is 0 Å². The van der Waals surface area contributed by atoms with Crippen LogP contribution in [0.3, 0.4) is 0 Å². The highest BCUT2D eigenvalue weighted by Crippen LogP contribution is 2.30. The zero-order chi connectivity index (χ0) is 11.8. The molecule has 0 spiro atoms. The number of hydrogen-bond donors (Lipinski definition) is 1. The van der Waals surface area contributed by atoms with E-state index in [-0.39, 0.29) is 5.92 Å². The first-order valence-electron chi connectivity index (χ1n) is 5.48. The zero-order valence-corrected chi connectivity index (χ0v) is 9.17. The van der Waals surface area contributed by atoms with Gasteiger partial charge in [0.15, 0.2) is 11.3 Å². The van der Waals surface area contributed by atoms with Gasteiger partial charge in [-0.1, -0.05) is 0 Å². The normalized spacial score (nSPS) is 19.9. The monoisotopic (exact) mass is 232 g/mol. The maximum atomic E-state index is 11.4. The summed E-state index contributed by atoms with van der Waals surface area (Å²) in [4.78, 5) is 15.7. The van der Waals surface area contributed by atoms with Crippen LogP contribution in [0.15, 0.2) is 18.5 Å². The lowest BCUT2D eigenvalue weighted by atomic mass is 9.98. The van der Waals surface area contributed by atoms with Gasteiger partial charge in [-0.2, -0.15) is 5.10 Å². The molecular formula is C11H12N4O2. The van der Waals surface area contributed by atoms with E-state index in [1.807, 2.05) is 0 Å². The number of carbonyl (C=O) groups is 1. The molecule has 1 saturated heterocycles. The second-order valence-corrected chi connectivity index (χ2v) is 4.07. The Morgan fingerprint density at radius 3 is 3.18 bits per heavy atom. The molecule has 1 aliphatic heterocycles. The van der Waals surface area contributed by atoms with Crippen LogP contribution >= 0.6 is 0 Å². The molecule has 0 unspecified atom stereocenters. The van der Waals surface area contributed by atoms with Gasteiger partial charge in [0.05, 0.1) is 6.61 Å². The Labute approximate surface area is 97.4 Å². The van der Waals surface area contributed by atoms with Gasteiger partial charge in [-0.05, 0) is 12.5 Å². The third-order valence-electron chi connectivity index (χ3n) is 3.00. The molecule has 6 heteroatoms. The molecule has 6 nitrogen and oxygen atoms in total. The second-order valence-electron chi connectivity index (χ2n) is 4.07. The molecule has 1 atom stereocenters. The van der Waals surface area contributed by atoms with Crippen molar-refractivity contribution in [3.05, 3.63) is 29.7 Å². The van der Waals surface area contributed by atoms with Gasteiger partial charge in [-0.3, -0.25) is 4.79 Å². The quantitative estimate of drug-likeness (QED) is 0.809. The second kappa shape index (κ2) is 3.81. The van der Waals surface area contributed by atoms with Gasteiger partial charge in [-0.15, -0.1) is 0 Å². The molecule has 0 aromatic carbocycles. The van der Waals surface area contributed by atoms with Crippen molar-refractivity contribution in [3.63, 3.8) is 0 Å². The average Bonchev–Trinajstić information content (AvgIpc) is 2.94. The van der Waals surface area contributed by atoms with Crippen molar-refractivity contribution in [2.75, 3.05) is 13.2 Å². The minimum absolute atomic E-state index is 0.157. The number of aromatic nitrogens is 3. The van der Waals surface area contributed by atoms with Gasteiger partial charge in [0, 0.05) is 30.5 Å². The minimum Gasteiger partial charge on any atom is -0.381 e. The van der Waals surface area contributed by atoms with E-state index in [4.69, 9.17) is 10.5 Å². The number of nitrogens with zero attached hydrogens (tertiary/aromatic N) is 3. The smallest absolute Gasteiger partial charge is 0.269 e. The molecule has 1 amide bonds. The molecule has 0 radical (unpaired) electrons. The molecule has 2 aromatic heterocycles. The summed E-state index contributed by atoms with van der Waals surface area (Å²) >= 11 is 0. The molecule has 1 aliphatic rings. The SMILES string of the molecule is NC(=O)c1nn2cccnc2c1[C@H]1CCOC1. The maximum Gasteiger partial charge on any atom is 0.269 e. The highest BCUT2D eigenvalue weighted by Gasteiger charge is 2.28. The Kier molecular flexibility index (Phi) is 2.29. The molecule has 2 aromatic rings. The maximum absolute atomic E-state index is 11.4. The predicted octanol–water partition coefficient (Wildman–Crippen LogP) is 0.332. The first kappa shape index (κ1) is 10.2. The van der Waals surface area contributed by atoms with E-state index in [9.17, 15) is 4.79 Å². The summed E-state index contributed by atoms with van der Waals surface area (Å²) in [5.74, 6) is -0.359. The Morgan fingerprint density at radius 1 is 1.59 bits per heavy atom. The van der Waals surface area contributed by atoms with Crippen LogP contribution in [0.25, 0.3) is 5.65 Å². The molecule has 3 heterocycles. The lowest BCUT2D eigenvalue weighted by Gasteiger charge is -2.06. The van der Waals surface area contributed by atoms with E-state index in [2.05, 4.69) is 10.1 Å². The van der Waals surface area contributed by atoms with Crippen molar-refractivity contribution in [1.29, 1.82) is 0 Å².